The maximum Gasteiger partial charge on any atom is 0.244 e. The maximum atomic E-state index is 12.1. The predicted octanol–water partition coefficient (Wildman–Crippen LogP) is 4.98. The lowest BCUT2D eigenvalue weighted by Gasteiger charge is -2.24. The van der Waals surface area contributed by atoms with E-state index in [0.717, 1.165) is 11.1 Å². The number of rotatable bonds is 8. The predicted molar refractivity (Wildman–Crippen MR) is 121 cm³/mol. The number of amides is 2. The van der Waals surface area contributed by atoms with E-state index in [-0.39, 0.29) is 17.2 Å². The summed E-state index contributed by atoms with van der Waals surface area (Å²) in [5.74, 6) is -0.439. The maximum absolute atomic E-state index is 12.1. The van der Waals surface area contributed by atoms with Gasteiger partial charge in [-0.05, 0) is 40.8 Å². The van der Waals surface area contributed by atoms with Gasteiger partial charge < -0.3 is 10.6 Å². The molecule has 6 heteroatoms. The summed E-state index contributed by atoms with van der Waals surface area (Å²) in [5, 5.41) is 6.87. The highest BCUT2D eigenvalue weighted by molar-refractivity contribution is 6.32. The molecule has 29 heavy (non-hydrogen) atoms. The van der Waals surface area contributed by atoms with Crippen molar-refractivity contribution >= 4 is 47.2 Å². The third-order valence-corrected chi connectivity index (χ3v) is 4.81. The molecule has 0 bridgehead atoms. The largest absolute Gasteiger partial charge is 0.352 e. The second-order valence-electron chi connectivity index (χ2n) is 7.31. The summed E-state index contributed by atoms with van der Waals surface area (Å²) in [7, 11) is 0. The van der Waals surface area contributed by atoms with Crippen LogP contribution >= 0.6 is 23.2 Å². The monoisotopic (exact) mass is 430 g/mol. The first kappa shape index (κ1) is 22.7. The van der Waals surface area contributed by atoms with Crippen LogP contribution in [0.2, 0.25) is 10.0 Å². The van der Waals surface area contributed by atoms with E-state index in [0.29, 0.717) is 23.1 Å². The zero-order chi connectivity index (χ0) is 21.3. The zero-order valence-corrected chi connectivity index (χ0v) is 17.9. The van der Waals surface area contributed by atoms with Crippen molar-refractivity contribution in [3.63, 3.8) is 0 Å². The number of carbonyl (C=O) groups is 2. The molecular formula is C23H24Cl2N2O2. The molecule has 0 fully saturated rings. The van der Waals surface area contributed by atoms with Gasteiger partial charge in [-0.3, -0.25) is 9.59 Å². The van der Waals surface area contributed by atoms with E-state index < -0.39 is 0 Å². The van der Waals surface area contributed by atoms with Gasteiger partial charge in [0, 0.05) is 35.3 Å². The van der Waals surface area contributed by atoms with Crippen LogP contribution < -0.4 is 10.6 Å². The molecule has 0 radical (unpaired) electrons. The van der Waals surface area contributed by atoms with E-state index in [2.05, 4.69) is 10.6 Å². The fraction of sp³-hybridized carbons (Fsp3) is 0.217. The van der Waals surface area contributed by atoms with E-state index in [9.17, 15) is 9.59 Å². The highest BCUT2D eigenvalue weighted by Crippen LogP contribution is 2.17. The number of nitrogens with one attached hydrogen (secondary N) is 2. The number of hydrogen-bond donors (Lipinski definition) is 2. The number of carbonyl (C=O) groups excluding carboxylic acids is 2. The van der Waals surface area contributed by atoms with Crippen molar-refractivity contribution in [2.45, 2.75) is 13.8 Å². The molecule has 2 N–H and O–H groups in total. The van der Waals surface area contributed by atoms with Gasteiger partial charge in [-0.25, -0.2) is 0 Å². The van der Waals surface area contributed by atoms with Gasteiger partial charge in [-0.1, -0.05) is 73.4 Å². The number of hydrogen-bond acceptors (Lipinski definition) is 2. The average molecular weight is 431 g/mol. The number of halogens is 2. The molecule has 2 aromatic carbocycles. The van der Waals surface area contributed by atoms with Crippen molar-refractivity contribution in [2.75, 3.05) is 13.1 Å². The molecule has 0 heterocycles. The molecule has 152 valence electrons. The third-order valence-electron chi connectivity index (χ3n) is 4.12. The lowest BCUT2D eigenvalue weighted by molar-refractivity contribution is -0.116. The molecule has 0 atom stereocenters. The minimum atomic E-state index is -0.318. The average Bonchev–Trinajstić information content (AvgIpc) is 2.70. The molecule has 0 unspecified atom stereocenters. The smallest absolute Gasteiger partial charge is 0.244 e. The SMILES string of the molecule is CC(C)(CNC(=O)/C=C/c1ccccc1Cl)CNC(=O)/C=C/c1ccccc1Cl. The van der Waals surface area contributed by atoms with Crippen molar-refractivity contribution in [1.82, 2.24) is 10.6 Å². The molecule has 0 aliphatic heterocycles. The molecule has 0 spiro atoms. The topological polar surface area (TPSA) is 58.2 Å². The van der Waals surface area contributed by atoms with E-state index in [1.54, 1.807) is 24.3 Å². The first-order valence-electron chi connectivity index (χ1n) is 9.18. The Labute approximate surface area is 181 Å². The Hall–Kier alpha value is -2.56. The summed E-state index contributed by atoms with van der Waals surface area (Å²) < 4.78 is 0. The first-order valence-corrected chi connectivity index (χ1v) is 9.93. The lowest BCUT2D eigenvalue weighted by Crippen LogP contribution is -2.41. The van der Waals surface area contributed by atoms with Gasteiger partial charge in [-0.2, -0.15) is 0 Å². The van der Waals surface area contributed by atoms with Crippen LogP contribution in [0.15, 0.2) is 60.7 Å². The molecule has 0 saturated heterocycles. The van der Waals surface area contributed by atoms with Gasteiger partial charge in [0.05, 0.1) is 0 Å². The van der Waals surface area contributed by atoms with Crippen LogP contribution in [0.5, 0.6) is 0 Å². The van der Waals surface area contributed by atoms with Gasteiger partial charge in [0.1, 0.15) is 0 Å². The Morgan fingerprint density at radius 2 is 1.17 bits per heavy atom. The Bertz CT molecular complexity index is 847. The van der Waals surface area contributed by atoms with Crippen LogP contribution in [0, 0.1) is 5.41 Å². The molecule has 2 rings (SSSR count). The van der Waals surface area contributed by atoms with Crippen molar-refractivity contribution < 1.29 is 9.59 Å². The summed E-state index contributed by atoms with van der Waals surface area (Å²) in [6.45, 7) is 4.74. The summed E-state index contributed by atoms with van der Waals surface area (Å²) in [6, 6.07) is 14.6. The van der Waals surface area contributed by atoms with E-state index in [4.69, 9.17) is 23.2 Å². The normalized spacial score (nSPS) is 11.7. The van der Waals surface area contributed by atoms with Gasteiger partial charge in [-0.15, -0.1) is 0 Å². The molecule has 0 aliphatic carbocycles. The van der Waals surface area contributed by atoms with Crippen molar-refractivity contribution in [3.05, 3.63) is 81.9 Å². The highest BCUT2D eigenvalue weighted by atomic mass is 35.5. The third kappa shape index (κ3) is 8.14. The van der Waals surface area contributed by atoms with Gasteiger partial charge >= 0.3 is 0 Å². The molecule has 2 aromatic rings. The van der Waals surface area contributed by atoms with Crippen LogP contribution in [0.1, 0.15) is 25.0 Å². The summed E-state index contributed by atoms with van der Waals surface area (Å²) >= 11 is 12.1. The Balaban J connectivity index is 1.79. The highest BCUT2D eigenvalue weighted by Gasteiger charge is 2.19. The fourth-order valence-corrected chi connectivity index (χ4v) is 2.78. The molecule has 0 aromatic heterocycles. The molecular weight excluding hydrogens is 407 g/mol. The summed E-state index contributed by atoms with van der Waals surface area (Å²) in [4.78, 5) is 24.1. The second-order valence-corrected chi connectivity index (χ2v) is 8.12. The quantitative estimate of drug-likeness (QED) is 0.580. The Kier molecular flexibility index (Phi) is 8.50. The van der Waals surface area contributed by atoms with Gasteiger partial charge in [0.15, 0.2) is 0 Å². The second kappa shape index (κ2) is 10.8. The number of benzene rings is 2. The molecule has 0 saturated carbocycles. The molecule has 0 aliphatic rings. The minimum absolute atomic E-state index is 0.220. The minimum Gasteiger partial charge on any atom is -0.352 e. The van der Waals surface area contributed by atoms with Gasteiger partial charge in [0.25, 0.3) is 0 Å². The Morgan fingerprint density at radius 3 is 1.55 bits per heavy atom. The molecule has 2 amide bonds. The van der Waals surface area contributed by atoms with Crippen LogP contribution in [0.4, 0.5) is 0 Å². The summed E-state index contributed by atoms with van der Waals surface area (Å²) in [6.07, 6.45) is 6.24. The molecule has 4 nitrogen and oxygen atoms in total. The van der Waals surface area contributed by atoms with Crippen LogP contribution in [-0.4, -0.2) is 24.9 Å². The van der Waals surface area contributed by atoms with E-state index in [1.807, 2.05) is 50.2 Å². The first-order chi connectivity index (χ1) is 13.8. The van der Waals surface area contributed by atoms with Crippen LogP contribution in [0.3, 0.4) is 0 Å². The van der Waals surface area contributed by atoms with E-state index in [1.165, 1.54) is 12.2 Å². The van der Waals surface area contributed by atoms with Gasteiger partial charge in [0.2, 0.25) is 11.8 Å². The summed E-state index contributed by atoms with van der Waals surface area (Å²) in [5.41, 5.74) is 1.24. The van der Waals surface area contributed by atoms with Crippen LogP contribution in [-0.2, 0) is 9.59 Å². The van der Waals surface area contributed by atoms with Crippen LogP contribution in [0.25, 0.3) is 12.2 Å². The fourth-order valence-electron chi connectivity index (χ4n) is 2.38. The van der Waals surface area contributed by atoms with Crippen molar-refractivity contribution in [3.8, 4) is 0 Å². The van der Waals surface area contributed by atoms with Crippen molar-refractivity contribution in [2.24, 2.45) is 5.41 Å². The lowest BCUT2D eigenvalue weighted by atomic mass is 9.93. The standard InChI is InChI=1S/C23H24Cl2N2O2/c1-23(2,15-26-21(28)13-11-17-7-3-5-9-19(17)24)16-27-22(29)14-12-18-8-4-6-10-20(18)25/h3-14H,15-16H2,1-2H3,(H,26,28)(H,27,29)/b13-11+,14-12+. The zero-order valence-electron chi connectivity index (χ0n) is 16.4. The van der Waals surface area contributed by atoms with E-state index >= 15 is 0 Å². The van der Waals surface area contributed by atoms with Crippen molar-refractivity contribution in [1.29, 1.82) is 0 Å². The Morgan fingerprint density at radius 1 is 0.793 bits per heavy atom.